The lowest BCUT2D eigenvalue weighted by Crippen LogP contribution is -2.34. The molecule has 0 aliphatic carbocycles. The first kappa shape index (κ1) is 25.5. The van der Waals surface area contributed by atoms with Crippen LogP contribution >= 0.6 is 0 Å². The fourth-order valence-electron chi connectivity index (χ4n) is 4.38. The number of aliphatic hydroxyl groups excluding tert-OH is 2. The number of hydrogen-bond acceptors (Lipinski definition) is 8. The second kappa shape index (κ2) is 10.6. The Morgan fingerprint density at radius 3 is 2.69 bits per heavy atom. The number of pyridine rings is 1. The Balaban J connectivity index is 0.000000169. The van der Waals surface area contributed by atoms with E-state index in [1.54, 1.807) is 6.92 Å². The molecule has 36 heavy (non-hydrogen) atoms. The predicted octanol–water partition coefficient (Wildman–Crippen LogP) is 1.56. The van der Waals surface area contributed by atoms with Crippen molar-refractivity contribution in [3.05, 3.63) is 63.2 Å². The zero-order chi connectivity index (χ0) is 26.0. The highest BCUT2D eigenvalue weighted by atomic mass is 16.5. The summed E-state index contributed by atoms with van der Waals surface area (Å²) in [6, 6.07) is 8.05. The van der Waals surface area contributed by atoms with Crippen molar-refractivity contribution in [1.82, 2.24) is 24.1 Å². The Morgan fingerprint density at radius 2 is 2.03 bits per heavy atom. The number of aromatic amines is 1. The molecule has 1 saturated heterocycles. The van der Waals surface area contributed by atoms with Crippen LogP contribution in [0, 0.1) is 5.92 Å². The second-order valence-electron chi connectivity index (χ2n) is 9.29. The van der Waals surface area contributed by atoms with Crippen molar-refractivity contribution in [2.45, 2.75) is 58.6 Å². The van der Waals surface area contributed by atoms with Gasteiger partial charge < -0.3 is 25.3 Å². The van der Waals surface area contributed by atoms with Crippen molar-refractivity contribution < 1.29 is 14.9 Å². The van der Waals surface area contributed by atoms with Gasteiger partial charge in [0.1, 0.15) is 17.8 Å². The fourth-order valence-corrected chi connectivity index (χ4v) is 4.38. The Kier molecular flexibility index (Phi) is 7.53. The maximum atomic E-state index is 11.7. The molecule has 0 spiro atoms. The molecule has 0 unspecified atom stereocenters. The number of benzene rings is 1. The number of imidazole rings is 1. The highest BCUT2D eigenvalue weighted by Crippen LogP contribution is 2.28. The number of hydrogen-bond donors (Lipinski definition) is 4. The normalized spacial score (nSPS) is 19.7. The highest BCUT2D eigenvalue weighted by molar-refractivity contribution is 6.06. The molecular weight excluding hydrogens is 464 g/mol. The van der Waals surface area contributed by atoms with Crippen LogP contribution in [0.1, 0.15) is 39.0 Å². The van der Waals surface area contributed by atoms with Crippen LogP contribution in [0.25, 0.3) is 21.9 Å². The number of aliphatic hydroxyl groups is 2. The number of anilines is 1. The fraction of sp³-hybridized carbons (Fsp3) is 0.440. The molecule has 1 fully saturated rings. The standard InChI is InChI=1S/C14H16N4.C11H16N2O5/c1-9(2)7-18-8-16-12-13(18)10-5-3-4-6-11(10)17-14(12)15;1-2-6-4-13(11(17)12-10(6)16)9-3-7(15)8(5-14)18-9/h3-6,8-9H,7H2,1-2H3,(H2,15,17);4,7-9,14-15H,2-3,5H2,1H3,(H,12,16,17)/t;7-,8+,9+/m.0/s1. The van der Waals surface area contributed by atoms with Crippen molar-refractivity contribution in [2.75, 3.05) is 12.3 Å². The van der Waals surface area contributed by atoms with E-state index in [2.05, 4.69) is 39.4 Å². The van der Waals surface area contributed by atoms with E-state index in [0.29, 0.717) is 23.7 Å². The molecule has 4 aromatic rings. The zero-order valence-corrected chi connectivity index (χ0v) is 20.6. The minimum absolute atomic E-state index is 0.209. The third kappa shape index (κ3) is 5.03. The van der Waals surface area contributed by atoms with Crippen LogP contribution in [-0.4, -0.2) is 53.1 Å². The van der Waals surface area contributed by atoms with Crippen LogP contribution in [-0.2, 0) is 17.7 Å². The molecule has 11 nitrogen and oxygen atoms in total. The number of aromatic nitrogens is 5. The summed E-state index contributed by atoms with van der Waals surface area (Å²) in [6.07, 6.45) is 1.83. The quantitative estimate of drug-likeness (QED) is 0.324. The highest BCUT2D eigenvalue weighted by Gasteiger charge is 2.35. The molecule has 11 heteroatoms. The number of fused-ring (bicyclic) bond motifs is 3. The Bertz CT molecular complexity index is 1470. The zero-order valence-electron chi connectivity index (χ0n) is 20.6. The van der Waals surface area contributed by atoms with E-state index in [1.165, 1.54) is 10.8 Å². The lowest BCUT2D eigenvalue weighted by Gasteiger charge is -2.14. The molecule has 3 atom stereocenters. The lowest BCUT2D eigenvalue weighted by molar-refractivity contribution is -0.0459. The predicted molar refractivity (Wildman–Crippen MR) is 137 cm³/mol. The summed E-state index contributed by atoms with van der Waals surface area (Å²) in [6.45, 7) is 6.82. The summed E-state index contributed by atoms with van der Waals surface area (Å²) in [7, 11) is 0. The van der Waals surface area contributed by atoms with Gasteiger partial charge in [0.25, 0.3) is 5.56 Å². The number of nitrogens with two attached hydrogens (primary N) is 1. The van der Waals surface area contributed by atoms with Crippen LogP contribution in [0.5, 0.6) is 0 Å². The number of nitrogens with zero attached hydrogens (tertiary/aromatic N) is 4. The number of nitrogens with one attached hydrogen (secondary N) is 1. The molecule has 0 amide bonds. The first-order valence-electron chi connectivity index (χ1n) is 12.0. The molecule has 4 heterocycles. The van der Waals surface area contributed by atoms with Gasteiger partial charge in [-0.05, 0) is 18.4 Å². The van der Waals surface area contributed by atoms with E-state index in [4.69, 9.17) is 15.6 Å². The molecule has 192 valence electrons. The van der Waals surface area contributed by atoms with Crippen molar-refractivity contribution in [2.24, 2.45) is 5.92 Å². The topological polar surface area (TPSA) is 161 Å². The Labute approximate surface area is 207 Å². The molecule has 5 rings (SSSR count). The van der Waals surface area contributed by atoms with E-state index in [9.17, 15) is 14.7 Å². The van der Waals surface area contributed by atoms with E-state index < -0.39 is 29.7 Å². The maximum Gasteiger partial charge on any atom is 0.330 e. The van der Waals surface area contributed by atoms with E-state index in [0.717, 1.165) is 28.5 Å². The van der Waals surface area contributed by atoms with Crippen LogP contribution in [0.15, 0.2) is 46.4 Å². The third-order valence-electron chi connectivity index (χ3n) is 6.16. The first-order chi connectivity index (χ1) is 17.2. The summed E-state index contributed by atoms with van der Waals surface area (Å²) in [5, 5.41) is 19.7. The summed E-state index contributed by atoms with van der Waals surface area (Å²) < 4.78 is 8.79. The van der Waals surface area contributed by atoms with Gasteiger partial charge in [-0.1, -0.05) is 39.0 Å². The van der Waals surface area contributed by atoms with E-state index in [1.807, 2.05) is 24.5 Å². The van der Waals surface area contributed by atoms with Gasteiger partial charge in [-0.2, -0.15) is 0 Å². The number of H-pyrrole nitrogens is 1. The van der Waals surface area contributed by atoms with Gasteiger partial charge in [0.15, 0.2) is 5.82 Å². The lowest BCUT2D eigenvalue weighted by atomic mass is 10.1. The molecule has 3 aromatic heterocycles. The average molecular weight is 497 g/mol. The largest absolute Gasteiger partial charge is 0.394 e. The Morgan fingerprint density at radius 1 is 1.28 bits per heavy atom. The van der Waals surface area contributed by atoms with Crippen LogP contribution < -0.4 is 17.0 Å². The van der Waals surface area contributed by atoms with E-state index in [-0.39, 0.29) is 13.0 Å². The molecule has 0 bridgehead atoms. The van der Waals surface area contributed by atoms with Gasteiger partial charge >= 0.3 is 5.69 Å². The van der Waals surface area contributed by atoms with Gasteiger partial charge in [-0.3, -0.25) is 14.3 Å². The SMILES string of the molecule is CC(C)Cn1cnc2c(N)nc3ccccc3c21.CCc1cn([C@H]2C[C@H](O)[C@@H](CO)O2)c(=O)[nH]c1=O. The molecule has 0 radical (unpaired) electrons. The molecule has 0 saturated carbocycles. The van der Waals surface area contributed by atoms with Crippen molar-refractivity contribution in [3.63, 3.8) is 0 Å². The maximum absolute atomic E-state index is 11.7. The molecule has 1 aromatic carbocycles. The monoisotopic (exact) mass is 496 g/mol. The van der Waals surface area contributed by atoms with Crippen molar-refractivity contribution >= 4 is 27.8 Å². The van der Waals surface area contributed by atoms with Gasteiger partial charge in [-0.15, -0.1) is 0 Å². The van der Waals surface area contributed by atoms with Gasteiger partial charge in [0, 0.05) is 30.1 Å². The second-order valence-corrected chi connectivity index (χ2v) is 9.29. The van der Waals surface area contributed by atoms with E-state index >= 15 is 0 Å². The molecule has 5 N–H and O–H groups in total. The number of ether oxygens (including phenoxy) is 1. The minimum atomic E-state index is -0.816. The number of rotatable bonds is 5. The minimum Gasteiger partial charge on any atom is -0.394 e. The summed E-state index contributed by atoms with van der Waals surface area (Å²) in [4.78, 5) is 34.1. The van der Waals surface area contributed by atoms with Crippen LogP contribution in [0.3, 0.4) is 0 Å². The average Bonchev–Trinajstić information content (AvgIpc) is 3.43. The smallest absolute Gasteiger partial charge is 0.330 e. The first-order valence-corrected chi connectivity index (χ1v) is 12.0. The Hall–Kier alpha value is -3.54. The molecule has 1 aliphatic rings. The van der Waals surface area contributed by atoms with Crippen LogP contribution in [0.4, 0.5) is 5.82 Å². The summed E-state index contributed by atoms with van der Waals surface area (Å²) in [5.41, 5.74) is 8.28. The van der Waals surface area contributed by atoms with Crippen molar-refractivity contribution in [3.8, 4) is 0 Å². The number of aryl methyl sites for hydroxylation is 1. The van der Waals surface area contributed by atoms with Crippen LogP contribution in [0.2, 0.25) is 0 Å². The summed E-state index contributed by atoms with van der Waals surface area (Å²) >= 11 is 0. The molecular formula is C25H32N6O5. The number of nitrogen functional groups attached to an aromatic ring is 1. The molecule has 1 aliphatic heterocycles. The number of para-hydroxylation sites is 1. The third-order valence-corrected chi connectivity index (χ3v) is 6.16. The van der Waals surface area contributed by atoms with Gasteiger partial charge in [-0.25, -0.2) is 14.8 Å². The van der Waals surface area contributed by atoms with Gasteiger partial charge in [0.05, 0.1) is 30.1 Å². The summed E-state index contributed by atoms with van der Waals surface area (Å²) in [5.74, 6) is 1.07. The van der Waals surface area contributed by atoms with Crippen molar-refractivity contribution in [1.29, 1.82) is 0 Å². The van der Waals surface area contributed by atoms with Gasteiger partial charge in [0.2, 0.25) is 0 Å².